The maximum absolute atomic E-state index is 11.0. The molecule has 5 heteroatoms. The summed E-state index contributed by atoms with van der Waals surface area (Å²) in [5.41, 5.74) is 1.07. The van der Waals surface area contributed by atoms with Crippen molar-refractivity contribution in [1.29, 1.82) is 5.26 Å². The monoisotopic (exact) mass is 252 g/mol. The molecule has 0 amide bonds. The zero-order valence-corrected chi connectivity index (χ0v) is 10.4. The van der Waals surface area contributed by atoms with Crippen LogP contribution >= 0.6 is 11.6 Å². The van der Waals surface area contributed by atoms with Crippen molar-refractivity contribution in [2.45, 2.75) is 19.4 Å². The van der Waals surface area contributed by atoms with Gasteiger partial charge in [0.2, 0.25) is 0 Å². The van der Waals surface area contributed by atoms with E-state index in [9.17, 15) is 4.79 Å². The number of nitriles is 1. The number of likely N-dealkylation sites (N-methyl/N-ethyl adjacent to an activating group) is 1. The first kappa shape index (κ1) is 13.3. The molecule has 0 aliphatic carbocycles. The van der Waals surface area contributed by atoms with Gasteiger partial charge in [0.15, 0.2) is 0 Å². The van der Waals surface area contributed by atoms with Crippen LogP contribution in [0.4, 0.5) is 5.69 Å². The van der Waals surface area contributed by atoms with Gasteiger partial charge in [0.1, 0.15) is 12.1 Å². The molecule has 0 saturated carbocycles. The summed E-state index contributed by atoms with van der Waals surface area (Å²) in [6, 6.07) is 6.24. The summed E-state index contributed by atoms with van der Waals surface area (Å²) in [4.78, 5) is 12.7. The number of hydrogen-bond donors (Lipinski definition) is 1. The third-order valence-electron chi connectivity index (χ3n) is 2.62. The Morgan fingerprint density at radius 1 is 1.65 bits per heavy atom. The molecular weight excluding hydrogens is 240 g/mol. The van der Waals surface area contributed by atoms with E-state index in [2.05, 4.69) is 0 Å². The zero-order chi connectivity index (χ0) is 13.0. The van der Waals surface area contributed by atoms with Gasteiger partial charge in [0.25, 0.3) is 0 Å². The number of anilines is 1. The number of benzene rings is 1. The third-order valence-corrected chi connectivity index (χ3v) is 2.93. The average molecular weight is 253 g/mol. The number of carboxylic acid groups (broad SMARTS) is 1. The molecule has 0 heterocycles. The number of halogens is 1. The fourth-order valence-electron chi connectivity index (χ4n) is 1.61. The predicted octanol–water partition coefficient (Wildman–Crippen LogP) is 2.51. The first-order chi connectivity index (χ1) is 8.01. The molecule has 4 nitrogen and oxygen atoms in total. The lowest BCUT2D eigenvalue weighted by Crippen LogP contribution is -2.37. The standard InChI is InChI=1S/C12H13ClN2O2/c1-3-11(12(16)17)15(2)9-5-4-8(7-14)10(13)6-9/h4-6,11H,3H2,1-2H3,(H,16,17). The Morgan fingerprint density at radius 2 is 2.29 bits per heavy atom. The maximum Gasteiger partial charge on any atom is 0.326 e. The smallest absolute Gasteiger partial charge is 0.326 e. The second-order valence-corrected chi connectivity index (χ2v) is 4.06. The van der Waals surface area contributed by atoms with Crippen molar-refractivity contribution in [3.8, 4) is 6.07 Å². The van der Waals surface area contributed by atoms with Gasteiger partial charge in [-0.05, 0) is 24.6 Å². The van der Waals surface area contributed by atoms with Crippen LogP contribution in [0.15, 0.2) is 18.2 Å². The minimum Gasteiger partial charge on any atom is -0.480 e. The highest BCUT2D eigenvalue weighted by atomic mass is 35.5. The predicted molar refractivity (Wildman–Crippen MR) is 66.3 cm³/mol. The second kappa shape index (κ2) is 5.55. The van der Waals surface area contributed by atoms with E-state index in [1.165, 1.54) is 0 Å². The van der Waals surface area contributed by atoms with E-state index >= 15 is 0 Å². The summed E-state index contributed by atoms with van der Waals surface area (Å²) >= 11 is 5.90. The van der Waals surface area contributed by atoms with Crippen molar-refractivity contribution in [2.75, 3.05) is 11.9 Å². The molecule has 1 rings (SSSR count). The van der Waals surface area contributed by atoms with Gasteiger partial charge in [-0.1, -0.05) is 18.5 Å². The van der Waals surface area contributed by atoms with Crippen LogP contribution in [-0.4, -0.2) is 24.2 Å². The fourth-order valence-corrected chi connectivity index (χ4v) is 1.83. The van der Waals surface area contributed by atoms with E-state index in [0.717, 1.165) is 0 Å². The number of carbonyl (C=O) groups is 1. The Morgan fingerprint density at radius 3 is 2.71 bits per heavy atom. The summed E-state index contributed by atoms with van der Waals surface area (Å²) < 4.78 is 0. The molecule has 90 valence electrons. The van der Waals surface area contributed by atoms with E-state index in [-0.39, 0.29) is 0 Å². The highest BCUT2D eigenvalue weighted by molar-refractivity contribution is 6.32. The summed E-state index contributed by atoms with van der Waals surface area (Å²) in [7, 11) is 1.69. The molecule has 0 saturated heterocycles. The van der Waals surface area contributed by atoms with Crippen molar-refractivity contribution >= 4 is 23.3 Å². The second-order valence-electron chi connectivity index (χ2n) is 3.65. The van der Waals surface area contributed by atoms with Gasteiger partial charge in [-0.15, -0.1) is 0 Å². The topological polar surface area (TPSA) is 64.3 Å². The van der Waals surface area contributed by atoms with Crippen molar-refractivity contribution in [3.05, 3.63) is 28.8 Å². The molecular formula is C12H13ClN2O2. The summed E-state index contributed by atoms with van der Waals surface area (Å²) in [6.07, 6.45) is 0.490. The normalized spacial score (nSPS) is 11.6. The first-order valence-electron chi connectivity index (χ1n) is 5.16. The van der Waals surface area contributed by atoms with Gasteiger partial charge in [-0.25, -0.2) is 4.79 Å². The van der Waals surface area contributed by atoms with Gasteiger partial charge in [0, 0.05) is 12.7 Å². The van der Waals surface area contributed by atoms with Crippen molar-refractivity contribution < 1.29 is 9.90 Å². The van der Waals surface area contributed by atoms with E-state index < -0.39 is 12.0 Å². The van der Waals surface area contributed by atoms with Crippen LogP contribution in [0.2, 0.25) is 5.02 Å². The maximum atomic E-state index is 11.0. The Bertz CT molecular complexity index is 468. The molecule has 0 bridgehead atoms. The van der Waals surface area contributed by atoms with E-state index in [0.29, 0.717) is 22.7 Å². The largest absolute Gasteiger partial charge is 0.480 e. The molecule has 0 fully saturated rings. The van der Waals surface area contributed by atoms with E-state index in [4.69, 9.17) is 22.0 Å². The Balaban J connectivity index is 3.05. The molecule has 17 heavy (non-hydrogen) atoms. The number of carboxylic acids is 1. The highest BCUT2D eigenvalue weighted by Crippen LogP contribution is 2.24. The lowest BCUT2D eigenvalue weighted by atomic mass is 10.1. The third kappa shape index (κ3) is 2.89. The number of hydrogen-bond acceptors (Lipinski definition) is 3. The summed E-state index contributed by atoms with van der Waals surface area (Å²) in [5.74, 6) is -0.879. The SMILES string of the molecule is CCC(C(=O)O)N(C)c1ccc(C#N)c(Cl)c1. The van der Waals surface area contributed by atoms with Crippen LogP contribution in [0.3, 0.4) is 0 Å². The molecule has 1 aromatic carbocycles. The zero-order valence-electron chi connectivity index (χ0n) is 9.64. The minimum absolute atomic E-state index is 0.331. The van der Waals surface area contributed by atoms with Gasteiger partial charge in [-0.2, -0.15) is 5.26 Å². The number of rotatable bonds is 4. The lowest BCUT2D eigenvalue weighted by Gasteiger charge is -2.26. The molecule has 0 aromatic heterocycles. The molecule has 0 spiro atoms. The number of aliphatic carboxylic acids is 1. The quantitative estimate of drug-likeness (QED) is 0.894. The van der Waals surface area contributed by atoms with Gasteiger partial charge >= 0.3 is 5.97 Å². The fraction of sp³-hybridized carbons (Fsp3) is 0.333. The van der Waals surface area contributed by atoms with Crippen molar-refractivity contribution in [2.24, 2.45) is 0 Å². The number of nitrogens with zero attached hydrogens (tertiary/aromatic N) is 2. The average Bonchev–Trinajstić information content (AvgIpc) is 2.29. The lowest BCUT2D eigenvalue weighted by molar-refractivity contribution is -0.138. The van der Waals surface area contributed by atoms with Crippen molar-refractivity contribution in [1.82, 2.24) is 0 Å². The van der Waals surface area contributed by atoms with Crippen molar-refractivity contribution in [3.63, 3.8) is 0 Å². The Kier molecular flexibility index (Phi) is 4.36. The van der Waals surface area contributed by atoms with Crippen LogP contribution < -0.4 is 4.90 Å². The van der Waals surface area contributed by atoms with Crippen LogP contribution in [0.25, 0.3) is 0 Å². The van der Waals surface area contributed by atoms with Gasteiger partial charge in [0.05, 0.1) is 10.6 Å². The summed E-state index contributed by atoms with van der Waals surface area (Å²) in [6.45, 7) is 1.81. The molecule has 0 aliphatic heterocycles. The minimum atomic E-state index is -0.879. The van der Waals surface area contributed by atoms with Gasteiger partial charge in [-0.3, -0.25) is 0 Å². The first-order valence-corrected chi connectivity index (χ1v) is 5.54. The Hall–Kier alpha value is -1.73. The van der Waals surface area contributed by atoms with E-state index in [1.54, 1.807) is 37.1 Å². The molecule has 1 aromatic rings. The molecule has 1 atom stereocenters. The Labute approximate surface area is 105 Å². The van der Waals surface area contributed by atoms with Gasteiger partial charge < -0.3 is 10.0 Å². The van der Waals surface area contributed by atoms with Crippen LogP contribution in [-0.2, 0) is 4.79 Å². The molecule has 0 aliphatic rings. The van der Waals surface area contributed by atoms with Crippen LogP contribution in [0, 0.1) is 11.3 Å². The highest BCUT2D eigenvalue weighted by Gasteiger charge is 2.21. The molecule has 0 radical (unpaired) electrons. The summed E-state index contributed by atoms with van der Waals surface area (Å²) in [5, 5.41) is 18.1. The van der Waals surface area contributed by atoms with E-state index in [1.807, 2.05) is 6.07 Å². The molecule has 1 unspecified atom stereocenters. The van der Waals surface area contributed by atoms with Crippen LogP contribution in [0.1, 0.15) is 18.9 Å². The van der Waals surface area contributed by atoms with Crippen LogP contribution in [0.5, 0.6) is 0 Å². The molecule has 1 N–H and O–H groups in total.